The monoisotopic (exact) mass is 725 g/mol. The van der Waals surface area contributed by atoms with Crippen molar-refractivity contribution < 1.29 is 0 Å². The third-order valence-electron chi connectivity index (χ3n) is 14.9. The molecule has 268 valence electrons. The smallest absolute Gasteiger partial charge is 0.0868 e. The molecule has 0 aliphatic carbocycles. The van der Waals surface area contributed by atoms with Crippen LogP contribution in [0, 0.1) is 0 Å². The molecule has 0 bridgehead atoms. The SMILES string of the molecule is CC[Si](CC)(CC)c1ccc2c(-c3c(N)cc([Si](CC)(CC)CC)c4cc([Si](CC)(CC)CC)ccc34)ccc([Si](CC)(CC)CC)c2c1. The summed E-state index contributed by atoms with van der Waals surface area (Å²) in [6.45, 7) is 29.4. The van der Waals surface area contributed by atoms with Crippen molar-refractivity contribution in [2.75, 3.05) is 5.73 Å². The second-order valence-corrected chi connectivity index (χ2v) is 36.4. The molecule has 0 atom stereocenters. The lowest BCUT2D eigenvalue weighted by Crippen LogP contribution is -2.48. The summed E-state index contributed by atoms with van der Waals surface area (Å²) >= 11 is 0. The summed E-state index contributed by atoms with van der Waals surface area (Å²) in [7, 11) is -6.49. The standard InChI is InChI=1S/C44H71NSi4/c1-13-46(14-2,15-3)34-25-27-36-37(29-30-42(39(36)31-34)48(19-7,20-8)21-9)44-38-28-26-35(47(16-4,17-5)18-6)32-40(38)43(33-41(44)45)49(22-10,23-11)24-12/h25-33H,13-24,45H2,1-12H3. The molecule has 4 rings (SSSR count). The second kappa shape index (κ2) is 16.2. The normalized spacial score (nSPS) is 13.1. The van der Waals surface area contributed by atoms with Crippen LogP contribution >= 0.6 is 0 Å². The van der Waals surface area contributed by atoms with Gasteiger partial charge in [0.2, 0.25) is 0 Å². The van der Waals surface area contributed by atoms with Crippen LogP contribution in [0.1, 0.15) is 83.1 Å². The van der Waals surface area contributed by atoms with Crippen molar-refractivity contribution in [3.8, 4) is 11.1 Å². The van der Waals surface area contributed by atoms with Gasteiger partial charge in [-0.3, -0.25) is 0 Å². The Kier molecular flexibility index (Phi) is 13.2. The van der Waals surface area contributed by atoms with Crippen LogP contribution in [0.4, 0.5) is 5.69 Å². The van der Waals surface area contributed by atoms with E-state index in [2.05, 4.69) is 138 Å². The molecule has 4 aromatic rings. The van der Waals surface area contributed by atoms with Gasteiger partial charge in [-0.05, 0) is 38.4 Å². The molecule has 0 unspecified atom stereocenters. The lowest BCUT2D eigenvalue weighted by Gasteiger charge is -2.34. The molecule has 0 spiro atoms. The molecule has 0 aliphatic heterocycles. The van der Waals surface area contributed by atoms with Gasteiger partial charge in [-0.15, -0.1) is 0 Å². The number of anilines is 1. The first kappa shape index (κ1) is 39.8. The molecular weight excluding hydrogens is 655 g/mol. The molecule has 5 heteroatoms. The predicted octanol–water partition coefficient (Wildman–Crippen LogP) is 12.1. The van der Waals surface area contributed by atoms with Crippen molar-refractivity contribution in [3.05, 3.63) is 54.6 Å². The minimum absolute atomic E-state index is 0.981. The maximum atomic E-state index is 7.39. The molecule has 0 fully saturated rings. The molecule has 0 saturated heterocycles. The van der Waals surface area contributed by atoms with Crippen LogP contribution in [-0.4, -0.2) is 32.3 Å². The van der Waals surface area contributed by atoms with Gasteiger partial charge in [-0.2, -0.15) is 0 Å². The van der Waals surface area contributed by atoms with E-state index in [1.165, 1.54) is 99.8 Å². The molecule has 0 aromatic heterocycles. The average Bonchev–Trinajstić information content (AvgIpc) is 3.15. The van der Waals surface area contributed by atoms with Crippen molar-refractivity contribution in [1.29, 1.82) is 0 Å². The summed E-state index contributed by atoms with van der Waals surface area (Å²) in [5.74, 6) is 0. The number of rotatable bonds is 17. The first-order chi connectivity index (χ1) is 23.5. The van der Waals surface area contributed by atoms with E-state index in [4.69, 9.17) is 5.73 Å². The second-order valence-electron chi connectivity index (χ2n) is 15.4. The van der Waals surface area contributed by atoms with Crippen LogP contribution < -0.4 is 26.5 Å². The van der Waals surface area contributed by atoms with Crippen LogP contribution in [-0.2, 0) is 0 Å². The summed E-state index contributed by atoms with van der Waals surface area (Å²) in [5, 5.41) is 12.5. The van der Waals surface area contributed by atoms with Crippen LogP contribution in [0.25, 0.3) is 32.7 Å². The number of fused-ring (bicyclic) bond motifs is 2. The van der Waals surface area contributed by atoms with Gasteiger partial charge in [-0.25, -0.2) is 0 Å². The number of benzene rings is 4. The van der Waals surface area contributed by atoms with Crippen LogP contribution in [0.5, 0.6) is 0 Å². The maximum absolute atomic E-state index is 7.39. The Morgan fingerprint density at radius 1 is 0.367 bits per heavy atom. The Labute approximate surface area is 305 Å². The van der Waals surface area contributed by atoms with Gasteiger partial charge in [0.25, 0.3) is 0 Å². The number of hydrogen-bond donors (Lipinski definition) is 1. The van der Waals surface area contributed by atoms with Gasteiger partial charge in [0.15, 0.2) is 0 Å². The molecule has 4 aromatic carbocycles. The Morgan fingerprint density at radius 2 is 0.735 bits per heavy atom. The lowest BCUT2D eigenvalue weighted by molar-refractivity contribution is 1.19. The molecule has 49 heavy (non-hydrogen) atoms. The molecule has 2 N–H and O–H groups in total. The van der Waals surface area contributed by atoms with Gasteiger partial charge >= 0.3 is 0 Å². The van der Waals surface area contributed by atoms with Crippen molar-refractivity contribution in [2.24, 2.45) is 0 Å². The summed E-state index contributed by atoms with van der Waals surface area (Å²) in [6.07, 6.45) is 0. The first-order valence-corrected chi connectivity index (χ1v) is 31.0. The minimum Gasteiger partial charge on any atom is -0.398 e. The zero-order chi connectivity index (χ0) is 36.2. The van der Waals surface area contributed by atoms with Crippen molar-refractivity contribution >= 4 is 80.3 Å². The van der Waals surface area contributed by atoms with E-state index in [0.717, 1.165) is 5.69 Å². The van der Waals surface area contributed by atoms with Gasteiger partial charge in [0.1, 0.15) is 0 Å². The number of nitrogen functional groups attached to an aromatic ring is 1. The number of nitrogens with two attached hydrogens (primary N) is 1. The molecule has 0 heterocycles. The first-order valence-electron chi connectivity index (χ1n) is 20.5. The summed E-state index contributed by atoms with van der Waals surface area (Å²) in [6, 6.07) is 38.7. The van der Waals surface area contributed by atoms with E-state index in [-0.39, 0.29) is 0 Å². The molecule has 1 nitrogen and oxygen atoms in total. The Morgan fingerprint density at radius 3 is 1.14 bits per heavy atom. The molecule has 0 aliphatic rings. The fraction of sp³-hybridized carbons (Fsp3) is 0.545. The van der Waals surface area contributed by atoms with Gasteiger partial charge < -0.3 is 5.73 Å². The summed E-state index contributed by atoms with van der Waals surface area (Å²) in [5.41, 5.74) is 11.0. The van der Waals surface area contributed by atoms with E-state index in [9.17, 15) is 0 Å². The summed E-state index contributed by atoms with van der Waals surface area (Å²) in [4.78, 5) is 0. The van der Waals surface area contributed by atoms with E-state index >= 15 is 0 Å². The maximum Gasteiger partial charge on any atom is 0.0868 e. The topological polar surface area (TPSA) is 26.0 Å². The Balaban J connectivity index is 2.22. The predicted molar refractivity (Wildman–Crippen MR) is 239 cm³/mol. The molecule has 0 saturated carbocycles. The Bertz CT molecular complexity index is 1690. The highest BCUT2D eigenvalue weighted by Gasteiger charge is 2.36. The van der Waals surface area contributed by atoms with Gasteiger partial charge in [-0.1, -0.05) is 220 Å². The fourth-order valence-corrected chi connectivity index (χ4v) is 25.2. The molecule has 0 amide bonds. The largest absolute Gasteiger partial charge is 0.398 e. The zero-order valence-corrected chi connectivity index (χ0v) is 37.8. The van der Waals surface area contributed by atoms with E-state index in [0.29, 0.717) is 0 Å². The highest BCUT2D eigenvalue weighted by Crippen LogP contribution is 2.40. The van der Waals surface area contributed by atoms with Crippen LogP contribution in [0.2, 0.25) is 72.5 Å². The minimum atomic E-state index is -1.72. The van der Waals surface area contributed by atoms with E-state index in [1.807, 2.05) is 0 Å². The number of hydrogen-bond acceptors (Lipinski definition) is 1. The Hall–Kier alpha value is -1.93. The fourth-order valence-electron chi connectivity index (χ4n) is 10.2. The molecular formula is C44H71NSi4. The van der Waals surface area contributed by atoms with Gasteiger partial charge in [0, 0.05) is 11.3 Å². The van der Waals surface area contributed by atoms with Crippen LogP contribution in [0.15, 0.2) is 54.6 Å². The third kappa shape index (κ3) is 6.53. The van der Waals surface area contributed by atoms with Gasteiger partial charge in [0.05, 0.1) is 32.3 Å². The van der Waals surface area contributed by atoms with Crippen LogP contribution in [0.3, 0.4) is 0 Å². The highest BCUT2D eigenvalue weighted by atomic mass is 28.3. The average molecular weight is 726 g/mol. The quantitative estimate of drug-likeness (QED) is 0.0851. The van der Waals surface area contributed by atoms with E-state index < -0.39 is 32.3 Å². The van der Waals surface area contributed by atoms with Crippen molar-refractivity contribution in [1.82, 2.24) is 0 Å². The van der Waals surface area contributed by atoms with Crippen molar-refractivity contribution in [3.63, 3.8) is 0 Å². The highest BCUT2D eigenvalue weighted by molar-refractivity contribution is 6.95. The zero-order valence-electron chi connectivity index (χ0n) is 33.8. The van der Waals surface area contributed by atoms with Crippen molar-refractivity contribution in [2.45, 2.75) is 156 Å². The third-order valence-corrected chi connectivity index (χ3v) is 37.4. The molecule has 0 radical (unpaired) electrons. The van der Waals surface area contributed by atoms with E-state index in [1.54, 1.807) is 26.1 Å². The summed E-state index contributed by atoms with van der Waals surface area (Å²) < 4.78 is 0. The lowest BCUT2D eigenvalue weighted by atomic mass is 9.92.